The fourth-order valence-electron chi connectivity index (χ4n) is 1.18. The van der Waals surface area contributed by atoms with E-state index in [1.165, 1.54) is 0 Å². The first-order chi connectivity index (χ1) is 8.52. The first-order valence-electron chi connectivity index (χ1n) is 5.02. The van der Waals surface area contributed by atoms with Crippen LogP contribution in [0.15, 0.2) is 24.3 Å². The van der Waals surface area contributed by atoms with E-state index >= 15 is 0 Å². The minimum absolute atomic E-state index is 0.0601. The van der Waals surface area contributed by atoms with Crippen molar-refractivity contribution < 1.29 is 14.7 Å². The Bertz CT molecular complexity index is 479. The Morgan fingerprint density at radius 1 is 1.39 bits per heavy atom. The number of terminal acetylenes is 1. The molecular formula is C12H11IN2O3. The number of rotatable bonds is 4. The Morgan fingerprint density at radius 2 is 2.00 bits per heavy atom. The van der Waals surface area contributed by atoms with Crippen LogP contribution in [0.1, 0.15) is 6.42 Å². The third-order valence-corrected chi connectivity index (χ3v) is 2.75. The van der Waals surface area contributed by atoms with Gasteiger partial charge in [-0.1, -0.05) is 0 Å². The molecule has 0 heterocycles. The van der Waals surface area contributed by atoms with Crippen LogP contribution in [0, 0.1) is 15.9 Å². The average Bonchev–Trinajstić information content (AvgIpc) is 2.31. The number of benzene rings is 1. The summed E-state index contributed by atoms with van der Waals surface area (Å²) in [5.41, 5.74) is 0.581. The third kappa shape index (κ3) is 4.63. The highest BCUT2D eigenvalue weighted by Crippen LogP contribution is 2.10. The van der Waals surface area contributed by atoms with Gasteiger partial charge in [-0.2, -0.15) is 0 Å². The molecule has 0 aromatic heterocycles. The van der Waals surface area contributed by atoms with Crippen LogP contribution in [-0.2, 0) is 4.79 Å². The summed E-state index contributed by atoms with van der Waals surface area (Å²) in [5, 5.41) is 13.6. The molecule has 1 atom stereocenters. The molecule has 94 valence electrons. The zero-order valence-corrected chi connectivity index (χ0v) is 11.5. The number of carbonyl (C=O) groups is 2. The Labute approximate surface area is 118 Å². The molecule has 0 bridgehead atoms. The SMILES string of the molecule is C#CCC(NC(=O)Nc1ccc(I)cc1)C(=O)O. The number of halogens is 1. The lowest BCUT2D eigenvalue weighted by molar-refractivity contribution is -0.139. The zero-order chi connectivity index (χ0) is 13.5. The quantitative estimate of drug-likeness (QED) is 0.568. The lowest BCUT2D eigenvalue weighted by Gasteiger charge is -2.12. The number of hydrogen-bond donors (Lipinski definition) is 3. The van der Waals surface area contributed by atoms with E-state index in [1.54, 1.807) is 12.1 Å². The van der Waals surface area contributed by atoms with Gasteiger partial charge in [-0.3, -0.25) is 0 Å². The van der Waals surface area contributed by atoms with Crippen LogP contribution < -0.4 is 10.6 Å². The zero-order valence-electron chi connectivity index (χ0n) is 9.31. The van der Waals surface area contributed by atoms with E-state index in [9.17, 15) is 9.59 Å². The van der Waals surface area contributed by atoms with Crippen LogP contribution in [0.5, 0.6) is 0 Å². The number of anilines is 1. The van der Waals surface area contributed by atoms with Crippen molar-refractivity contribution in [3.63, 3.8) is 0 Å². The molecule has 0 fully saturated rings. The molecule has 0 radical (unpaired) electrons. The molecular weight excluding hydrogens is 347 g/mol. The second-order valence-corrected chi connectivity index (χ2v) is 4.65. The normalized spacial score (nSPS) is 11.1. The molecule has 6 heteroatoms. The van der Waals surface area contributed by atoms with Gasteiger partial charge in [0.25, 0.3) is 0 Å². The lowest BCUT2D eigenvalue weighted by Crippen LogP contribution is -2.42. The maximum absolute atomic E-state index is 11.5. The molecule has 0 aliphatic heterocycles. The van der Waals surface area contributed by atoms with Crippen molar-refractivity contribution >= 4 is 40.3 Å². The monoisotopic (exact) mass is 358 g/mol. The number of urea groups is 1. The molecule has 0 spiro atoms. The van der Waals surface area contributed by atoms with Crippen molar-refractivity contribution in [2.45, 2.75) is 12.5 Å². The lowest BCUT2D eigenvalue weighted by atomic mass is 10.2. The molecule has 1 aromatic rings. The number of amides is 2. The van der Waals surface area contributed by atoms with E-state index in [2.05, 4.69) is 39.1 Å². The van der Waals surface area contributed by atoms with Gasteiger partial charge in [-0.05, 0) is 46.9 Å². The highest BCUT2D eigenvalue weighted by Gasteiger charge is 2.18. The molecule has 5 nitrogen and oxygen atoms in total. The first kappa shape index (κ1) is 14.3. The van der Waals surface area contributed by atoms with Gasteiger partial charge in [0.1, 0.15) is 6.04 Å². The van der Waals surface area contributed by atoms with Gasteiger partial charge in [0.15, 0.2) is 0 Å². The summed E-state index contributed by atoms with van der Waals surface area (Å²) in [6.45, 7) is 0. The van der Waals surface area contributed by atoms with Gasteiger partial charge >= 0.3 is 12.0 Å². The number of carboxylic acids is 1. The fraction of sp³-hybridized carbons (Fsp3) is 0.167. The number of nitrogens with one attached hydrogen (secondary N) is 2. The smallest absolute Gasteiger partial charge is 0.327 e. The Kier molecular flexibility index (Phi) is 5.45. The van der Waals surface area contributed by atoms with E-state index in [-0.39, 0.29) is 6.42 Å². The summed E-state index contributed by atoms with van der Waals surface area (Å²) in [5.74, 6) is 1.04. The van der Waals surface area contributed by atoms with Crippen LogP contribution >= 0.6 is 22.6 Å². The molecule has 0 aliphatic carbocycles. The minimum Gasteiger partial charge on any atom is -0.480 e. The fourth-order valence-corrected chi connectivity index (χ4v) is 1.54. The molecule has 1 rings (SSSR count). The second kappa shape index (κ2) is 6.86. The molecule has 18 heavy (non-hydrogen) atoms. The van der Waals surface area contributed by atoms with Crippen LogP contribution in [0.2, 0.25) is 0 Å². The highest BCUT2D eigenvalue weighted by atomic mass is 127. The molecule has 3 N–H and O–H groups in total. The van der Waals surface area contributed by atoms with Gasteiger partial charge < -0.3 is 15.7 Å². The van der Waals surface area contributed by atoms with E-state index < -0.39 is 18.0 Å². The molecule has 0 aliphatic rings. The van der Waals surface area contributed by atoms with E-state index in [0.29, 0.717) is 5.69 Å². The van der Waals surface area contributed by atoms with E-state index in [1.807, 2.05) is 12.1 Å². The predicted octanol–water partition coefficient (Wildman–Crippen LogP) is 1.89. The molecule has 1 unspecified atom stereocenters. The van der Waals surface area contributed by atoms with E-state index in [0.717, 1.165) is 3.57 Å². The van der Waals surface area contributed by atoms with Crippen LogP contribution in [0.25, 0.3) is 0 Å². The van der Waals surface area contributed by atoms with Crippen molar-refractivity contribution in [2.24, 2.45) is 0 Å². The summed E-state index contributed by atoms with van der Waals surface area (Å²) in [7, 11) is 0. The Hall–Kier alpha value is -1.75. The number of carboxylic acid groups (broad SMARTS) is 1. The van der Waals surface area contributed by atoms with Crippen molar-refractivity contribution in [1.82, 2.24) is 5.32 Å². The van der Waals surface area contributed by atoms with Crippen molar-refractivity contribution in [3.8, 4) is 12.3 Å². The van der Waals surface area contributed by atoms with Crippen molar-refractivity contribution in [1.29, 1.82) is 0 Å². The van der Waals surface area contributed by atoms with Crippen LogP contribution in [0.3, 0.4) is 0 Å². The predicted molar refractivity (Wildman–Crippen MR) is 76.2 cm³/mol. The van der Waals surface area contributed by atoms with Gasteiger partial charge in [0.2, 0.25) is 0 Å². The largest absolute Gasteiger partial charge is 0.480 e. The molecule has 2 amide bonds. The topological polar surface area (TPSA) is 78.4 Å². The maximum atomic E-state index is 11.5. The van der Waals surface area contributed by atoms with Gasteiger partial charge in [0, 0.05) is 15.7 Å². The summed E-state index contributed by atoms with van der Waals surface area (Å²) in [6, 6.07) is 5.41. The van der Waals surface area contributed by atoms with Crippen LogP contribution in [-0.4, -0.2) is 23.1 Å². The number of carbonyl (C=O) groups excluding carboxylic acids is 1. The summed E-state index contributed by atoms with van der Waals surface area (Å²) >= 11 is 2.14. The number of hydrogen-bond acceptors (Lipinski definition) is 2. The minimum atomic E-state index is -1.16. The summed E-state index contributed by atoms with van der Waals surface area (Å²) < 4.78 is 1.04. The van der Waals surface area contributed by atoms with Gasteiger partial charge in [0.05, 0.1) is 0 Å². The average molecular weight is 358 g/mol. The van der Waals surface area contributed by atoms with Gasteiger partial charge in [-0.15, -0.1) is 12.3 Å². The Balaban J connectivity index is 2.58. The molecule has 0 saturated heterocycles. The summed E-state index contributed by atoms with van der Waals surface area (Å²) in [6.07, 6.45) is 4.97. The third-order valence-electron chi connectivity index (χ3n) is 2.03. The van der Waals surface area contributed by atoms with E-state index in [4.69, 9.17) is 11.5 Å². The first-order valence-corrected chi connectivity index (χ1v) is 6.10. The van der Waals surface area contributed by atoms with Crippen molar-refractivity contribution in [3.05, 3.63) is 27.8 Å². The summed E-state index contributed by atoms with van der Waals surface area (Å²) in [4.78, 5) is 22.3. The number of aliphatic carboxylic acids is 1. The standard InChI is InChI=1S/C12H11IN2O3/c1-2-3-10(11(16)17)15-12(18)14-9-6-4-8(13)5-7-9/h1,4-7,10H,3H2,(H,16,17)(H2,14,15,18). The molecule has 1 aromatic carbocycles. The highest BCUT2D eigenvalue weighted by molar-refractivity contribution is 14.1. The molecule has 0 saturated carbocycles. The van der Waals surface area contributed by atoms with Crippen molar-refractivity contribution in [2.75, 3.05) is 5.32 Å². The van der Waals surface area contributed by atoms with Gasteiger partial charge in [-0.25, -0.2) is 9.59 Å². The second-order valence-electron chi connectivity index (χ2n) is 3.40. The maximum Gasteiger partial charge on any atom is 0.327 e. The Morgan fingerprint density at radius 3 is 2.50 bits per heavy atom. The van der Waals surface area contributed by atoms with Crippen LogP contribution in [0.4, 0.5) is 10.5 Å².